The molecule has 0 saturated heterocycles. The van der Waals surface area contributed by atoms with E-state index in [1.165, 1.54) is 39.2 Å². The first-order valence-corrected chi connectivity index (χ1v) is 10.5. The summed E-state index contributed by atoms with van der Waals surface area (Å²) >= 11 is 0. The number of pyridine rings is 2. The van der Waals surface area contributed by atoms with E-state index in [9.17, 15) is 0 Å². The van der Waals surface area contributed by atoms with Crippen LogP contribution < -0.4 is 4.57 Å². The minimum absolute atomic E-state index is 0.747. The standard InChI is InChI=1S/C29H23N2/c1-4-12-24(13-5-1)27-19-28(25-14-6-2-7-15-25)31(22-23-11-10-18-30-21-23)29(20-27)26-16-8-3-9-17-26/h1-21H,22H2/q+1. The molecule has 31 heavy (non-hydrogen) atoms. The van der Waals surface area contributed by atoms with Crippen molar-refractivity contribution < 1.29 is 4.57 Å². The Kier molecular flexibility index (Phi) is 5.36. The van der Waals surface area contributed by atoms with E-state index in [0.29, 0.717) is 0 Å². The van der Waals surface area contributed by atoms with E-state index in [2.05, 4.69) is 119 Å². The van der Waals surface area contributed by atoms with Crippen molar-refractivity contribution in [1.82, 2.24) is 4.98 Å². The second-order valence-electron chi connectivity index (χ2n) is 7.56. The molecule has 0 aliphatic rings. The van der Waals surface area contributed by atoms with Crippen LogP contribution >= 0.6 is 0 Å². The smallest absolute Gasteiger partial charge is 0.213 e. The average Bonchev–Trinajstić information content (AvgIpc) is 2.86. The van der Waals surface area contributed by atoms with Gasteiger partial charge in [-0.05, 0) is 47.5 Å². The highest BCUT2D eigenvalue weighted by atomic mass is 15.0. The molecule has 0 atom stereocenters. The molecule has 0 radical (unpaired) electrons. The Bertz CT molecular complexity index is 1210. The molecule has 5 rings (SSSR count). The Balaban J connectivity index is 1.79. The monoisotopic (exact) mass is 399 g/mol. The van der Waals surface area contributed by atoms with Crippen LogP contribution in [-0.4, -0.2) is 4.98 Å². The van der Waals surface area contributed by atoms with Gasteiger partial charge in [0.1, 0.15) is 0 Å². The van der Waals surface area contributed by atoms with Crippen LogP contribution in [0.4, 0.5) is 0 Å². The Morgan fingerprint density at radius 2 is 1.03 bits per heavy atom. The zero-order chi connectivity index (χ0) is 20.9. The van der Waals surface area contributed by atoms with Crippen molar-refractivity contribution in [2.75, 3.05) is 0 Å². The third-order valence-electron chi connectivity index (χ3n) is 5.48. The van der Waals surface area contributed by atoms with Crippen LogP contribution in [0.15, 0.2) is 128 Å². The molecule has 5 aromatic rings. The Morgan fingerprint density at radius 3 is 1.52 bits per heavy atom. The van der Waals surface area contributed by atoms with Crippen molar-refractivity contribution in [3.05, 3.63) is 133 Å². The minimum Gasteiger partial charge on any atom is -0.264 e. The maximum Gasteiger partial charge on any atom is 0.213 e. The molecule has 2 nitrogen and oxygen atoms in total. The molecule has 0 saturated carbocycles. The molecular weight excluding hydrogens is 376 g/mol. The van der Waals surface area contributed by atoms with Gasteiger partial charge in [0.2, 0.25) is 11.4 Å². The first kappa shape index (κ1) is 19.0. The van der Waals surface area contributed by atoms with Gasteiger partial charge in [-0.2, -0.15) is 4.57 Å². The van der Waals surface area contributed by atoms with E-state index in [4.69, 9.17) is 0 Å². The summed E-state index contributed by atoms with van der Waals surface area (Å²) < 4.78 is 2.40. The highest BCUT2D eigenvalue weighted by molar-refractivity contribution is 5.73. The molecule has 3 aromatic carbocycles. The van der Waals surface area contributed by atoms with Crippen LogP contribution in [0.25, 0.3) is 33.6 Å². The third-order valence-corrected chi connectivity index (χ3v) is 5.48. The summed E-state index contributed by atoms with van der Waals surface area (Å²) in [5.41, 5.74) is 8.36. The molecule has 148 valence electrons. The van der Waals surface area contributed by atoms with Gasteiger partial charge in [-0.15, -0.1) is 0 Å². The van der Waals surface area contributed by atoms with E-state index in [-0.39, 0.29) is 0 Å². The zero-order valence-electron chi connectivity index (χ0n) is 17.2. The Morgan fingerprint density at radius 1 is 0.516 bits per heavy atom. The molecule has 2 heteroatoms. The number of rotatable bonds is 5. The third kappa shape index (κ3) is 4.15. The van der Waals surface area contributed by atoms with Crippen molar-refractivity contribution in [1.29, 1.82) is 0 Å². The molecule has 0 spiro atoms. The molecule has 0 N–H and O–H groups in total. The van der Waals surface area contributed by atoms with Gasteiger partial charge in [-0.3, -0.25) is 4.98 Å². The number of hydrogen-bond donors (Lipinski definition) is 0. The zero-order valence-corrected chi connectivity index (χ0v) is 17.2. The first-order valence-electron chi connectivity index (χ1n) is 10.5. The largest absolute Gasteiger partial charge is 0.264 e. The fourth-order valence-electron chi connectivity index (χ4n) is 3.96. The maximum atomic E-state index is 4.34. The average molecular weight is 400 g/mol. The number of benzene rings is 3. The predicted octanol–water partition coefficient (Wildman–Crippen LogP) is 6.42. The maximum absolute atomic E-state index is 4.34. The molecule has 0 aliphatic heterocycles. The van der Waals surface area contributed by atoms with Gasteiger partial charge < -0.3 is 0 Å². The minimum atomic E-state index is 0.747. The van der Waals surface area contributed by atoms with Gasteiger partial charge in [0.05, 0.1) is 0 Å². The predicted molar refractivity (Wildman–Crippen MR) is 126 cm³/mol. The molecular formula is C29H23N2+. The van der Waals surface area contributed by atoms with E-state index >= 15 is 0 Å². The van der Waals surface area contributed by atoms with E-state index in [1.807, 2.05) is 18.5 Å². The molecule has 2 aromatic heterocycles. The molecule has 0 unspecified atom stereocenters. The van der Waals surface area contributed by atoms with Crippen LogP contribution in [0, 0.1) is 0 Å². The lowest BCUT2D eigenvalue weighted by molar-refractivity contribution is -0.666. The molecule has 0 aliphatic carbocycles. The quantitative estimate of drug-likeness (QED) is 0.312. The number of nitrogens with zero attached hydrogens (tertiary/aromatic N) is 2. The van der Waals surface area contributed by atoms with Gasteiger partial charge in [-0.1, -0.05) is 66.7 Å². The fraction of sp³-hybridized carbons (Fsp3) is 0.0345. The second kappa shape index (κ2) is 8.76. The van der Waals surface area contributed by atoms with E-state index < -0.39 is 0 Å². The lowest BCUT2D eigenvalue weighted by Crippen LogP contribution is -2.39. The highest BCUT2D eigenvalue weighted by Crippen LogP contribution is 2.29. The van der Waals surface area contributed by atoms with Gasteiger partial charge in [0.25, 0.3) is 0 Å². The van der Waals surface area contributed by atoms with Crippen LogP contribution in [0.3, 0.4) is 0 Å². The summed E-state index contributed by atoms with van der Waals surface area (Å²) in [6, 6.07) is 40.6. The summed E-state index contributed by atoms with van der Waals surface area (Å²) in [5, 5.41) is 0. The molecule has 2 heterocycles. The van der Waals surface area contributed by atoms with Gasteiger partial charge in [-0.25, -0.2) is 0 Å². The summed E-state index contributed by atoms with van der Waals surface area (Å²) in [6.45, 7) is 0.747. The summed E-state index contributed by atoms with van der Waals surface area (Å²) in [6.07, 6.45) is 3.77. The van der Waals surface area contributed by atoms with Crippen molar-refractivity contribution in [3.63, 3.8) is 0 Å². The van der Waals surface area contributed by atoms with Gasteiger partial charge in [0.15, 0.2) is 6.54 Å². The normalized spacial score (nSPS) is 10.7. The molecule has 0 fully saturated rings. The van der Waals surface area contributed by atoms with Crippen molar-refractivity contribution >= 4 is 0 Å². The second-order valence-corrected chi connectivity index (χ2v) is 7.56. The summed E-state index contributed by atoms with van der Waals surface area (Å²) in [4.78, 5) is 4.34. The van der Waals surface area contributed by atoms with E-state index in [1.54, 1.807) is 0 Å². The van der Waals surface area contributed by atoms with Crippen LogP contribution in [0.2, 0.25) is 0 Å². The number of aromatic nitrogens is 2. The molecule has 0 bridgehead atoms. The van der Waals surface area contributed by atoms with Crippen molar-refractivity contribution in [3.8, 4) is 33.6 Å². The summed E-state index contributed by atoms with van der Waals surface area (Å²) in [7, 11) is 0. The summed E-state index contributed by atoms with van der Waals surface area (Å²) in [5.74, 6) is 0. The molecule has 0 amide bonds. The van der Waals surface area contributed by atoms with Crippen molar-refractivity contribution in [2.24, 2.45) is 0 Å². The Hall–Kier alpha value is -4.04. The van der Waals surface area contributed by atoms with E-state index in [0.717, 1.165) is 6.54 Å². The van der Waals surface area contributed by atoms with Gasteiger partial charge in [0, 0.05) is 41.2 Å². The highest BCUT2D eigenvalue weighted by Gasteiger charge is 2.23. The van der Waals surface area contributed by atoms with Crippen LogP contribution in [-0.2, 0) is 6.54 Å². The lowest BCUT2D eigenvalue weighted by Gasteiger charge is -2.13. The van der Waals surface area contributed by atoms with Crippen molar-refractivity contribution in [2.45, 2.75) is 6.54 Å². The van der Waals surface area contributed by atoms with Crippen LogP contribution in [0.1, 0.15) is 5.56 Å². The fourth-order valence-corrected chi connectivity index (χ4v) is 3.96. The SMILES string of the molecule is c1ccc(-c2cc(-c3ccccc3)[n+](Cc3cccnc3)c(-c3ccccc3)c2)cc1. The van der Waals surface area contributed by atoms with Gasteiger partial charge >= 0.3 is 0 Å². The first-order chi connectivity index (χ1) is 15.4. The number of hydrogen-bond acceptors (Lipinski definition) is 1. The van der Waals surface area contributed by atoms with Crippen LogP contribution in [0.5, 0.6) is 0 Å². The Labute approximate surface area is 183 Å². The lowest BCUT2D eigenvalue weighted by atomic mass is 9.98. The topological polar surface area (TPSA) is 16.8 Å².